The summed E-state index contributed by atoms with van der Waals surface area (Å²) in [6, 6.07) is 0. The summed E-state index contributed by atoms with van der Waals surface area (Å²) >= 11 is 0. The van der Waals surface area contributed by atoms with Crippen LogP contribution in [-0.2, 0) is 4.79 Å². The Bertz CT molecular complexity index is 286. The molecule has 0 N–H and O–H groups in total. The fourth-order valence-electron chi connectivity index (χ4n) is 4.04. The van der Waals surface area contributed by atoms with Crippen molar-refractivity contribution in [3.8, 4) is 0 Å². The van der Waals surface area contributed by atoms with Crippen LogP contribution in [0, 0.1) is 23.1 Å². The van der Waals surface area contributed by atoms with Crippen LogP contribution < -0.4 is 5.11 Å². The third-order valence-corrected chi connectivity index (χ3v) is 4.20. The standard InChI is InChI=1S/C11H16O2/c12-10(13)11-4-7-1-8(5-11)3-9(2-7)6-11/h7-9H,1-6H2,(H,12,13)/p-1/i7D. The van der Waals surface area contributed by atoms with Gasteiger partial charge >= 0.3 is 0 Å². The summed E-state index contributed by atoms with van der Waals surface area (Å²) in [5, 5.41) is 11.2. The summed E-state index contributed by atoms with van der Waals surface area (Å²) in [7, 11) is 0. The normalized spacial score (nSPS) is 59.2. The van der Waals surface area contributed by atoms with Crippen LogP contribution in [0.15, 0.2) is 0 Å². The molecule has 0 aromatic heterocycles. The van der Waals surface area contributed by atoms with Crippen molar-refractivity contribution in [3.05, 3.63) is 0 Å². The van der Waals surface area contributed by atoms with E-state index >= 15 is 0 Å². The Labute approximate surface area is 79.7 Å². The van der Waals surface area contributed by atoms with E-state index in [0.717, 1.165) is 32.1 Å². The van der Waals surface area contributed by atoms with Crippen molar-refractivity contribution < 1.29 is 11.3 Å². The molecule has 0 spiro atoms. The smallest absolute Gasteiger partial charge is 0.0476 e. The van der Waals surface area contributed by atoms with Crippen LogP contribution in [0.4, 0.5) is 0 Å². The summed E-state index contributed by atoms with van der Waals surface area (Å²) in [5.41, 5.74) is -0.619. The average molecular weight is 180 g/mol. The molecule has 0 amide bonds. The molecule has 4 fully saturated rings. The predicted molar refractivity (Wildman–Crippen MR) is 45.6 cm³/mol. The molecule has 2 heteroatoms. The van der Waals surface area contributed by atoms with Gasteiger partial charge in [-0.25, -0.2) is 0 Å². The fourth-order valence-corrected chi connectivity index (χ4v) is 4.04. The average Bonchev–Trinajstić information content (AvgIpc) is 1.98. The molecular weight excluding hydrogens is 164 g/mol. The van der Waals surface area contributed by atoms with Crippen LogP contribution in [0.2, 0.25) is 0 Å². The van der Waals surface area contributed by atoms with Crippen LogP contribution in [-0.4, -0.2) is 5.97 Å². The third kappa shape index (κ3) is 0.976. The van der Waals surface area contributed by atoms with Crippen molar-refractivity contribution in [1.29, 1.82) is 0 Å². The third-order valence-electron chi connectivity index (χ3n) is 4.20. The van der Waals surface area contributed by atoms with Gasteiger partial charge in [0.1, 0.15) is 0 Å². The topological polar surface area (TPSA) is 40.1 Å². The van der Waals surface area contributed by atoms with Gasteiger partial charge in [0.15, 0.2) is 0 Å². The Kier molecular flexibility index (Phi) is 1.20. The molecule has 0 aromatic carbocycles. The van der Waals surface area contributed by atoms with E-state index in [9.17, 15) is 9.90 Å². The molecule has 0 radical (unpaired) electrons. The molecule has 13 heavy (non-hydrogen) atoms. The van der Waals surface area contributed by atoms with Gasteiger partial charge in [-0.15, -0.1) is 0 Å². The van der Waals surface area contributed by atoms with E-state index in [4.69, 9.17) is 1.37 Å². The van der Waals surface area contributed by atoms with E-state index in [0.29, 0.717) is 18.3 Å². The summed E-state index contributed by atoms with van der Waals surface area (Å²) in [6.45, 7) is 0. The quantitative estimate of drug-likeness (QED) is 0.603. The maximum absolute atomic E-state index is 11.2. The summed E-state index contributed by atoms with van der Waals surface area (Å²) < 4.78 is 8.24. The van der Waals surface area contributed by atoms with Crippen molar-refractivity contribution in [1.82, 2.24) is 0 Å². The maximum Gasteiger partial charge on any atom is 0.0476 e. The lowest BCUT2D eigenvalue weighted by Gasteiger charge is -2.57. The molecular formula is C11H15O2-. The SMILES string of the molecule is [2H]C12CC3CC(C1)CC(C(=O)[O-])(C3)C2. The molecule has 4 saturated carbocycles. The van der Waals surface area contributed by atoms with Gasteiger partial charge in [0.25, 0.3) is 0 Å². The Balaban J connectivity index is 2.00. The van der Waals surface area contributed by atoms with E-state index in [2.05, 4.69) is 0 Å². The minimum atomic E-state index is -0.886. The Morgan fingerprint density at radius 3 is 2.31 bits per heavy atom. The van der Waals surface area contributed by atoms with E-state index in [1.807, 2.05) is 0 Å². The molecule has 4 bridgehead atoms. The van der Waals surface area contributed by atoms with E-state index in [1.165, 1.54) is 0 Å². The number of carbonyl (C=O) groups is 1. The van der Waals surface area contributed by atoms with Crippen LogP contribution in [0.25, 0.3) is 0 Å². The van der Waals surface area contributed by atoms with Gasteiger partial charge in [-0.05, 0) is 56.3 Å². The largest absolute Gasteiger partial charge is 0.550 e. The number of carboxylic acid groups (broad SMARTS) is 1. The zero-order chi connectivity index (χ0) is 9.97. The minimum absolute atomic E-state index is 0.426. The number of carbonyl (C=O) groups excluding carboxylic acids is 1. The highest BCUT2D eigenvalue weighted by Crippen LogP contribution is 2.59. The van der Waals surface area contributed by atoms with Crippen molar-refractivity contribution in [2.24, 2.45) is 23.1 Å². The van der Waals surface area contributed by atoms with Crippen LogP contribution in [0.1, 0.15) is 39.9 Å². The van der Waals surface area contributed by atoms with Gasteiger partial charge in [-0.1, -0.05) is 0 Å². The fraction of sp³-hybridized carbons (Fsp3) is 0.909. The molecule has 4 aliphatic carbocycles. The molecule has 0 aromatic rings. The highest BCUT2D eigenvalue weighted by atomic mass is 16.4. The molecule has 4 rings (SSSR count). The number of rotatable bonds is 1. The van der Waals surface area contributed by atoms with E-state index in [-0.39, 0.29) is 0 Å². The Morgan fingerprint density at radius 2 is 1.85 bits per heavy atom. The zero-order valence-corrected chi connectivity index (χ0v) is 7.71. The summed E-state index contributed by atoms with van der Waals surface area (Å²) in [6.07, 6.45) is 5.14. The monoisotopic (exact) mass is 180 g/mol. The van der Waals surface area contributed by atoms with E-state index < -0.39 is 17.3 Å². The van der Waals surface area contributed by atoms with Crippen molar-refractivity contribution in [2.45, 2.75) is 38.5 Å². The van der Waals surface area contributed by atoms with Gasteiger partial charge in [0.2, 0.25) is 0 Å². The molecule has 2 nitrogen and oxygen atoms in total. The second-order valence-corrected chi connectivity index (χ2v) is 5.28. The Morgan fingerprint density at radius 1 is 1.23 bits per heavy atom. The lowest BCUT2D eigenvalue weighted by Crippen LogP contribution is -2.54. The summed E-state index contributed by atoms with van der Waals surface area (Å²) in [4.78, 5) is 11.2. The van der Waals surface area contributed by atoms with Gasteiger partial charge in [0.05, 0.1) is 0 Å². The first-order chi connectivity index (χ1) is 6.51. The van der Waals surface area contributed by atoms with Crippen molar-refractivity contribution in [2.75, 3.05) is 0 Å². The predicted octanol–water partition coefficient (Wildman–Crippen LogP) is 0.953. The molecule has 72 valence electrons. The number of aliphatic carboxylic acids is 1. The zero-order valence-electron chi connectivity index (χ0n) is 8.71. The number of hydrogen-bond donors (Lipinski definition) is 0. The summed E-state index contributed by atoms with van der Waals surface area (Å²) in [5.74, 6) is -0.328. The van der Waals surface area contributed by atoms with Gasteiger partial charge < -0.3 is 9.90 Å². The number of carboxylic acids is 1. The van der Waals surface area contributed by atoms with Crippen molar-refractivity contribution in [3.63, 3.8) is 0 Å². The molecule has 2 unspecified atom stereocenters. The van der Waals surface area contributed by atoms with E-state index in [1.54, 1.807) is 0 Å². The highest BCUT2D eigenvalue weighted by molar-refractivity contribution is 5.73. The molecule has 0 heterocycles. The molecule has 2 atom stereocenters. The molecule has 4 aliphatic rings. The molecule has 0 saturated heterocycles. The first kappa shape index (κ1) is 6.86. The number of hydrogen-bond acceptors (Lipinski definition) is 2. The lowest BCUT2D eigenvalue weighted by atomic mass is 9.49. The molecule has 0 aliphatic heterocycles. The highest BCUT2D eigenvalue weighted by Gasteiger charge is 2.51. The maximum atomic E-state index is 11.2. The first-order valence-electron chi connectivity index (χ1n) is 5.73. The minimum Gasteiger partial charge on any atom is -0.550 e. The second-order valence-electron chi connectivity index (χ2n) is 5.28. The first-order valence-corrected chi connectivity index (χ1v) is 5.23. The van der Waals surface area contributed by atoms with Crippen LogP contribution in [0.3, 0.4) is 0 Å². The van der Waals surface area contributed by atoms with Gasteiger partial charge in [0, 0.05) is 12.8 Å². The van der Waals surface area contributed by atoms with Crippen LogP contribution in [0.5, 0.6) is 0 Å². The van der Waals surface area contributed by atoms with Crippen molar-refractivity contribution >= 4 is 5.97 Å². The Hall–Kier alpha value is -0.530. The van der Waals surface area contributed by atoms with Gasteiger partial charge in [-0.2, -0.15) is 0 Å². The van der Waals surface area contributed by atoms with Gasteiger partial charge in [-0.3, -0.25) is 0 Å². The van der Waals surface area contributed by atoms with Crippen LogP contribution >= 0.6 is 0 Å². The lowest BCUT2D eigenvalue weighted by molar-refractivity contribution is -0.327. The second kappa shape index (κ2) is 2.28.